The van der Waals surface area contributed by atoms with E-state index in [0.717, 1.165) is 12.5 Å². The quantitative estimate of drug-likeness (QED) is 0.500. The van der Waals surface area contributed by atoms with E-state index in [0.29, 0.717) is 25.0 Å². The smallest absolute Gasteiger partial charge is 0.336 e. The third-order valence-electron chi connectivity index (χ3n) is 2.01. The highest BCUT2D eigenvalue weighted by Crippen LogP contribution is 2.20. The van der Waals surface area contributed by atoms with Gasteiger partial charge in [0.25, 0.3) is 0 Å². The van der Waals surface area contributed by atoms with Crippen LogP contribution in [0.5, 0.6) is 0 Å². The summed E-state index contributed by atoms with van der Waals surface area (Å²) in [6.07, 6.45) is 0.922. The van der Waals surface area contributed by atoms with Crippen LogP contribution in [0.25, 0.3) is 0 Å². The zero-order valence-corrected chi connectivity index (χ0v) is 11.3. The van der Waals surface area contributed by atoms with Crippen molar-refractivity contribution < 1.29 is 8.85 Å². The van der Waals surface area contributed by atoms with Gasteiger partial charge in [0.1, 0.15) is 0 Å². The Labute approximate surface area is 94.0 Å². The lowest BCUT2D eigenvalue weighted by Gasteiger charge is -2.28. The highest BCUT2D eigenvalue weighted by Gasteiger charge is 2.32. The van der Waals surface area contributed by atoms with Gasteiger partial charge in [0.15, 0.2) is 0 Å². The lowest BCUT2D eigenvalue weighted by atomic mass is 10.3. The molecule has 14 heavy (non-hydrogen) atoms. The zero-order chi connectivity index (χ0) is 11.0. The largest absolute Gasteiger partial charge is 0.395 e. The van der Waals surface area contributed by atoms with Crippen LogP contribution in [0.1, 0.15) is 20.3 Å². The van der Waals surface area contributed by atoms with Crippen LogP contribution in [-0.4, -0.2) is 33.6 Å². The maximum Gasteiger partial charge on any atom is 0.336 e. The first-order valence-corrected chi connectivity index (χ1v) is 8.28. The average molecular weight is 237 g/mol. The van der Waals surface area contributed by atoms with E-state index >= 15 is 0 Å². The van der Waals surface area contributed by atoms with Gasteiger partial charge in [-0.1, -0.05) is 0 Å². The summed E-state index contributed by atoms with van der Waals surface area (Å²) in [7, 11) is -1.98. The van der Waals surface area contributed by atoms with Crippen molar-refractivity contribution in [1.29, 1.82) is 0 Å². The molecule has 0 saturated heterocycles. The summed E-state index contributed by atoms with van der Waals surface area (Å²) in [6, 6.07) is 0.912. The second kappa shape index (κ2) is 7.70. The first kappa shape index (κ1) is 14.4. The van der Waals surface area contributed by atoms with E-state index in [-0.39, 0.29) is 0 Å². The van der Waals surface area contributed by atoms with Crippen LogP contribution in [0.4, 0.5) is 0 Å². The summed E-state index contributed by atoms with van der Waals surface area (Å²) >= 11 is 4.48. The Hall–Kier alpha value is 0.447. The normalized spacial score (nSPS) is 14.4. The van der Waals surface area contributed by atoms with Crippen molar-refractivity contribution in [2.75, 3.05) is 19.8 Å². The van der Waals surface area contributed by atoms with Gasteiger partial charge in [-0.05, 0) is 33.4 Å². The van der Waals surface area contributed by atoms with Crippen LogP contribution >= 0.6 is 12.6 Å². The van der Waals surface area contributed by atoms with Crippen molar-refractivity contribution >= 4 is 21.2 Å². The Bertz CT molecular complexity index is 143. The first-order valence-electron chi connectivity index (χ1n) is 5.24. The van der Waals surface area contributed by atoms with Crippen molar-refractivity contribution in [2.45, 2.75) is 38.1 Å². The maximum absolute atomic E-state index is 5.71. The molecule has 0 heterocycles. The molecule has 0 saturated carbocycles. The second-order valence-corrected chi connectivity index (χ2v) is 7.42. The molecule has 0 aliphatic rings. The molecule has 0 spiro atoms. The summed E-state index contributed by atoms with van der Waals surface area (Å²) in [4.78, 5) is 0. The molecule has 5 heteroatoms. The van der Waals surface area contributed by atoms with Crippen molar-refractivity contribution in [3.63, 3.8) is 0 Å². The summed E-state index contributed by atoms with van der Waals surface area (Å²) in [5, 5.41) is 0.301. The molecular weight excluding hydrogens is 214 g/mol. The van der Waals surface area contributed by atoms with Crippen molar-refractivity contribution in [3.8, 4) is 0 Å². The summed E-state index contributed by atoms with van der Waals surface area (Å²) in [5.74, 6) is 0. The Morgan fingerprint density at radius 1 is 1.29 bits per heavy atom. The number of nitrogens with two attached hydrogens (primary N) is 1. The molecule has 0 aromatic carbocycles. The molecule has 0 bridgehead atoms. The SMILES string of the molecule is CCO[Si](C)(CC(S)CCN)OCC. The lowest BCUT2D eigenvalue weighted by Crippen LogP contribution is -2.41. The van der Waals surface area contributed by atoms with Gasteiger partial charge in [0.05, 0.1) is 0 Å². The molecule has 0 aromatic heterocycles. The highest BCUT2D eigenvalue weighted by molar-refractivity contribution is 7.81. The van der Waals surface area contributed by atoms with Crippen LogP contribution in [-0.2, 0) is 8.85 Å². The minimum atomic E-state index is -1.98. The van der Waals surface area contributed by atoms with Crippen LogP contribution in [0, 0.1) is 0 Å². The van der Waals surface area contributed by atoms with E-state index in [9.17, 15) is 0 Å². The fourth-order valence-electron chi connectivity index (χ4n) is 1.49. The van der Waals surface area contributed by atoms with Crippen LogP contribution in [0.2, 0.25) is 12.6 Å². The van der Waals surface area contributed by atoms with E-state index in [1.54, 1.807) is 0 Å². The summed E-state index contributed by atoms with van der Waals surface area (Å²) in [6.45, 7) is 8.20. The standard InChI is InChI=1S/C9H23NO2SSi/c1-4-11-14(3,12-5-2)8-9(13)6-7-10/h9,13H,4-8,10H2,1-3H3. The molecule has 1 unspecified atom stereocenters. The maximum atomic E-state index is 5.71. The topological polar surface area (TPSA) is 44.5 Å². The lowest BCUT2D eigenvalue weighted by molar-refractivity contribution is 0.188. The van der Waals surface area contributed by atoms with Crippen molar-refractivity contribution in [1.82, 2.24) is 0 Å². The van der Waals surface area contributed by atoms with Gasteiger partial charge in [0, 0.05) is 24.5 Å². The minimum Gasteiger partial charge on any atom is -0.395 e. The minimum absolute atomic E-state index is 0.301. The van der Waals surface area contributed by atoms with Gasteiger partial charge >= 0.3 is 8.56 Å². The van der Waals surface area contributed by atoms with Gasteiger partial charge in [-0.2, -0.15) is 12.6 Å². The van der Waals surface area contributed by atoms with Gasteiger partial charge in [-0.3, -0.25) is 0 Å². The molecule has 0 fully saturated rings. The molecule has 0 amide bonds. The van der Waals surface area contributed by atoms with E-state index in [1.165, 1.54) is 0 Å². The Morgan fingerprint density at radius 2 is 1.79 bits per heavy atom. The molecular formula is C9H23NO2SSi. The fourth-order valence-corrected chi connectivity index (χ4v) is 5.24. The van der Waals surface area contributed by atoms with E-state index in [4.69, 9.17) is 14.6 Å². The Balaban J connectivity index is 4.05. The molecule has 0 aliphatic heterocycles. The van der Waals surface area contributed by atoms with Gasteiger partial charge in [-0.25, -0.2) is 0 Å². The predicted octanol–water partition coefficient (Wildman–Crippen LogP) is 1.78. The predicted molar refractivity (Wildman–Crippen MR) is 66.1 cm³/mol. The van der Waals surface area contributed by atoms with Crippen LogP contribution in [0.3, 0.4) is 0 Å². The number of rotatable bonds is 8. The number of thiol groups is 1. The third kappa shape index (κ3) is 6.03. The second-order valence-electron chi connectivity index (χ2n) is 3.44. The number of hydrogen-bond acceptors (Lipinski definition) is 4. The molecule has 86 valence electrons. The van der Waals surface area contributed by atoms with Crippen molar-refractivity contribution in [3.05, 3.63) is 0 Å². The molecule has 0 aliphatic carbocycles. The van der Waals surface area contributed by atoms with E-state index in [1.807, 2.05) is 13.8 Å². The van der Waals surface area contributed by atoms with Crippen molar-refractivity contribution in [2.24, 2.45) is 5.73 Å². The molecule has 2 N–H and O–H groups in total. The molecule has 1 atom stereocenters. The van der Waals surface area contributed by atoms with E-state index in [2.05, 4.69) is 19.2 Å². The monoisotopic (exact) mass is 237 g/mol. The fraction of sp³-hybridized carbons (Fsp3) is 1.00. The van der Waals surface area contributed by atoms with Gasteiger partial charge in [-0.15, -0.1) is 0 Å². The molecule has 0 radical (unpaired) electrons. The average Bonchev–Trinajstić information content (AvgIpc) is 2.04. The van der Waals surface area contributed by atoms with E-state index < -0.39 is 8.56 Å². The third-order valence-corrected chi connectivity index (χ3v) is 5.82. The van der Waals surface area contributed by atoms with Crippen LogP contribution in [0.15, 0.2) is 0 Å². The molecule has 0 aromatic rings. The Kier molecular flexibility index (Phi) is 7.95. The summed E-state index contributed by atoms with van der Waals surface area (Å²) in [5.41, 5.74) is 5.48. The molecule has 0 rings (SSSR count). The van der Waals surface area contributed by atoms with Crippen LogP contribution < -0.4 is 5.73 Å². The van der Waals surface area contributed by atoms with Gasteiger partial charge < -0.3 is 14.6 Å². The highest BCUT2D eigenvalue weighted by atomic mass is 32.1. The first-order chi connectivity index (χ1) is 6.58. The zero-order valence-electron chi connectivity index (χ0n) is 9.45. The van der Waals surface area contributed by atoms with Gasteiger partial charge in [0.2, 0.25) is 0 Å². The molecule has 3 nitrogen and oxygen atoms in total. The number of hydrogen-bond donors (Lipinski definition) is 2. The Morgan fingerprint density at radius 3 is 2.14 bits per heavy atom. The summed E-state index contributed by atoms with van der Waals surface area (Å²) < 4.78 is 11.4.